The quantitative estimate of drug-likeness (QED) is 0.703. The molecule has 6 nitrogen and oxygen atoms in total. The van der Waals surface area contributed by atoms with Crippen molar-refractivity contribution in [3.8, 4) is 5.75 Å². The molecule has 0 radical (unpaired) electrons. The van der Waals surface area contributed by atoms with E-state index in [1.165, 1.54) is 7.11 Å². The summed E-state index contributed by atoms with van der Waals surface area (Å²) in [6.45, 7) is 0. The molecule has 110 valence electrons. The van der Waals surface area contributed by atoms with E-state index in [-0.39, 0.29) is 17.4 Å². The maximum atomic E-state index is 11.7. The van der Waals surface area contributed by atoms with Gasteiger partial charge in [0.25, 0.3) is 0 Å². The molecule has 0 aliphatic rings. The smallest absolute Gasteiger partial charge is 0.321 e. The third-order valence-electron chi connectivity index (χ3n) is 2.28. The maximum Gasteiger partial charge on any atom is 0.321 e. The Labute approximate surface area is 125 Å². The highest BCUT2D eigenvalue weighted by Gasteiger charge is 2.13. The van der Waals surface area contributed by atoms with Crippen molar-refractivity contribution in [1.29, 1.82) is 0 Å². The Hall–Kier alpha value is -1.44. The SMILES string of the molecule is COc1ccc(Cl)cc1NC(=O)CSC[C@H](N)C(=O)O. The summed E-state index contributed by atoms with van der Waals surface area (Å²) in [5.74, 6) is -0.621. The minimum absolute atomic E-state index is 0.0939. The first kappa shape index (κ1) is 16.6. The number of amides is 1. The third-order valence-corrected chi connectivity index (χ3v) is 3.58. The van der Waals surface area contributed by atoms with Gasteiger partial charge in [-0.1, -0.05) is 11.6 Å². The van der Waals surface area contributed by atoms with E-state index in [1.54, 1.807) is 18.2 Å². The first-order valence-corrected chi connectivity index (χ1v) is 7.17. The number of carbonyl (C=O) groups is 2. The Bertz CT molecular complexity index is 498. The van der Waals surface area contributed by atoms with E-state index in [0.29, 0.717) is 16.5 Å². The van der Waals surface area contributed by atoms with E-state index in [9.17, 15) is 9.59 Å². The predicted octanol–water partition coefficient (Wildman–Crippen LogP) is 1.43. The van der Waals surface area contributed by atoms with Crippen molar-refractivity contribution in [3.05, 3.63) is 23.2 Å². The van der Waals surface area contributed by atoms with Crippen LogP contribution >= 0.6 is 23.4 Å². The number of carbonyl (C=O) groups excluding carboxylic acids is 1. The van der Waals surface area contributed by atoms with Crippen LogP contribution in [0.2, 0.25) is 5.02 Å². The Morgan fingerprint density at radius 3 is 2.85 bits per heavy atom. The van der Waals surface area contributed by atoms with Crippen molar-refractivity contribution < 1.29 is 19.4 Å². The number of methoxy groups -OCH3 is 1. The van der Waals surface area contributed by atoms with E-state index < -0.39 is 12.0 Å². The van der Waals surface area contributed by atoms with Gasteiger partial charge in [0, 0.05) is 10.8 Å². The van der Waals surface area contributed by atoms with E-state index >= 15 is 0 Å². The normalized spacial score (nSPS) is 11.8. The van der Waals surface area contributed by atoms with E-state index in [1.807, 2.05) is 0 Å². The predicted molar refractivity (Wildman–Crippen MR) is 79.6 cm³/mol. The number of thioether (sulfide) groups is 1. The van der Waals surface area contributed by atoms with Crippen molar-refractivity contribution in [1.82, 2.24) is 0 Å². The average Bonchev–Trinajstić information content (AvgIpc) is 2.38. The number of aliphatic carboxylic acids is 1. The topological polar surface area (TPSA) is 102 Å². The summed E-state index contributed by atoms with van der Waals surface area (Å²) in [5, 5.41) is 11.7. The number of ether oxygens (including phenoxy) is 1. The van der Waals surface area contributed by atoms with Gasteiger partial charge in [-0.3, -0.25) is 9.59 Å². The first-order valence-electron chi connectivity index (χ1n) is 5.63. The minimum Gasteiger partial charge on any atom is -0.495 e. The van der Waals surface area contributed by atoms with Gasteiger partial charge in [-0.2, -0.15) is 0 Å². The summed E-state index contributed by atoms with van der Waals surface area (Å²) in [7, 11) is 1.49. The number of anilines is 1. The second kappa shape index (κ2) is 7.98. The Balaban J connectivity index is 2.50. The van der Waals surface area contributed by atoms with Crippen LogP contribution in [-0.2, 0) is 9.59 Å². The second-order valence-corrected chi connectivity index (χ2v) is 5.32. The number of halogens is 1. The van der Waals surface area contributed by atoms with Gasteiger partial charge in [0.15, 0.2) is 0 Å². The molecule has 0 bridgehead atoms. The van der Waals surface area contributed by atoms with Gasteiger partial charge in [0.05, 0.1) is 18.6 Å². The molecule has 0 heterocycles. The van der Waals surface area contributed by atoms with E-state index in [2.05, 4.69) is 5.32 Å². The lowest BCUT2D eigenvalue weighted by atomic mass is 10.3. The van der Waals surface area contributed by atoms with Crippen LogP contribution in [0.4, 0.5) is 5.69 Å². The van der Waals surface area contributed by atoms with E-state index in [4.69, 9.17) is 27.2 Å². The summed E-state index contributed by atoms with van der Waals surface area (Å²) in [5.41, 5.74) is 5.80. The number of carboxylic acid groups (broad SMARTS) is 1. The van der Waals surface area contributed by atoms with E-state index in [0.717, 1.165) is 11.8 Å². The molecule has 0 aromatic heterocycles. The van der Waals surface area contributed by atoms with Crippen LogP contribution in [0, 0.1) is 0 Å². The standard InChI is InChI=1S/C12H15ClN2O4S/c1-19-10-3-2-7(13)4-9(10)15-11(16)6-20-5-8(14)12(17)18/h2-4,8H,5-6,14H2,1H3,(H,15,16)(H,17,18)/t8-/m0/s1. The number of benzene rings is 1. The van der Waals surface area contributed by atoms with Crippen LogP contribution in [0.1, 0.15) is 0 Å². The fraction of sp³-hybridized carbons (Fsp3) is 0.333. The highest BCUT2D eigenvalue weighted by atomic mass is 35.5. The lowest BCUT2D eigenvalue weighted by Crippen LogP contribution is -2.33. The largest absolute Gasteiger partial charge is 0.495 e. The van der Waals surface area contributed by atoms with Crippen LogP contribution in [-0.4, -0.2) is 41.6 Å². The van der Waals surface area contributed by atoms with Crippen molar-refractivity contribution in [2.24, 2.45) is 5.73 Å². The number of rotatable bonds is 7. The Morgan fingerprint density at radius 1 is 1.55 bits per heavy atom. The second-order valence-electron chi connectivity index (χ2n) is 3.85. The lowest BCUT2D eigenvalue weighted by molar-refractivity contribution is -0.137. The molecule has 0 fully saturated rings. The van der Waals surface area contributed by atoms with Crippen LogP contribution in [0.25, 0.3) is 0 Å². The first-order chi connectivity index (χ1) is 9.43. The minimum atomic E-state index is -1.09. The summed E-state index contributed by atoms with van der Waals surface area (Å²) in [6, 6.07) is 3.89. The molecule has 0 aliphatic carbocycles. The third kappa shape index (κ3) is 5.28. The highest BCUT2D eigenvalue weighted by Crippen LogP contribution is 2.27. The molecule has 1 aromatic carbocycles. The lowest BCUT2D eigenvalue weighted by Gasteiger charge is -2.11. The van der Waals surface area contributed by atoms with Crippen molar-refractivity contribution in [2.45, 2.75) is 6.04 Å². The Kier molecular flexibility index (Phi) is 6.63. The molecule has 0 spiro atoms. The molecular weight excluding hydrogens is 304 g/mol. The van der Waals surface area contributed by atoms with Gasteiger partial charge < -0.3 is 20.9 Å². The number of nitrogens with two attached hydrogens (primary N) is 1. The highest BCUT2D eigenvalue weighted by molar-refractivity contribution is 8.00. The number of nitrogens with one attached hydrogen (secondary N) is 1. The van der Waals surface area contributed by atoms with Gasteiger partial charge in [0.1, 0.15) is 11.8 Å². The van der Waals surface area contributed by atoms with Gasteiger partial charge in [-0.25, -0.2) is 0 Å². The maximum absolute atomic E-state index is 11.7. The zero-order valence-electron chi connectivity index (χ0n) is 10.8. The molecule has 0 saturated heterocycles. The number of hydrogen-bond donors (Lipinski definition) is 3. The summed E-state index contributed by atoms with van der Waals surface area (Å²) in [6.07, 6.45) is 0. The summed E-state index contributed by atoms with van der Waals surface area (Å²) < 4.78 is 5.10. The molecule has 1 amide bonds. The molecule has 0 aliphatic heterocycles. The van der Waals surface area contributed by atoms with Crippen molar-refractivity contribution in [2.75, 3.05) is 23.9 Å². The average molecular weight is 319 g/mol. The Morgan fingerprint density at radius 2 is 2.25 bits per heavy atom. The molecule has 4 N–H and O–H groups in total. The molecule has 0 unspecified atom stereocenters. The molecule has 0 saturated carbocycles. The van der Waals surface area contributed by atoms with Crippen molar-refractivity contribution in [3.63, 3.8) is 0 Å². The fourth-order valence-corrected chi connectivity index (χ4v) is 2.26. The summed E-state index contributed by atoms with van der Waals surface area (Å²) in [4.78, 5) is 22.2. The van der Waals surface area contributed by atoms with Gasteiger partial charge in [-0.05, 0) is 18.2 Å². The van der Waals surface area contributed by atoms with Crippen molar-refractivity contribution >= 4 is 40.9 Å². The molecule has 20 heavy (non-hydrogen) atoms. The monoisotopic (exact) mass is 318 g/mol. The van der Waals surface area contributed by atoms with Gasteiger partial charge >= 0.3 is 5.97 Å². The summed E-state index contributed by atoms with van der Waals surface area (Å²) >= 11 is 6.99. The van der Waals surface area contributed by atoms with Crippen LogP contribution in [0.15, 0.2) is 18.2 Å². The zero-order chi connectivity index (χ0) is 15.1. The van der Waals surface area contributed by atoms with Gasteiger partial charge in [-0.15, -0.1) is 11.8 Å². The molecule has 1 rings (SSSR count). The van der Waals surface area contributed by atoms with Gasteiger partial charge in [0.2, 0.25) is 5.91 Å². The van der Waals surface area contributed by atoms with Crippen LogP contribution in [0.5, 0.6) is 5.75 Å². The number of hydrogen-bond acceptors (Lipinski definition) is 5. The number of carboxylic acids is 1. The molecule has 1 atom stereocenters. The van der Waals surface area contributed by atoms with Crippen LogP contribution < -0.4 is 15.8 Å². The molecule has 1 aromatic rings. The fourth-order valence-electron chi connectivity index (χ4n) is 1.31. The molecule has 8 heteroatoms. The zero-order valence-corrected chi connectivity index (χ0v) is 12.3. The molecular formula is C12H15ClN2O4S. The van der Waals surface area contributed by atoms with Crippen LogP contribution in [0.3, 0.4) is 0 Å².